The molecule has 0 saturated heterocycles. The number of benzene rings is 1. The summed E-state index contributed by atoms with van der Waals surface area (Å²) in [5.74, 6) is 0.295. The van der Waals surface area contributed by atoms with Crippen LogP contribution in [0.15, 0.2) is 55.0 Å². The molecule has 2 N–H and O–H groups in total. The molecule has 158 valence electrons. The summed E-state index contributed by atoms with van der Waals surface area (Å²) in [7, 11) is 1.89. The number of allylic oxidation sites excluding steroid dienone is 2. The van der Waals surface area contributed by atoms with Gasteiger partial charge in [-0.05, 0) is 48.9 Å². The number of nitrogens with one attached hydrogen (secondary N) is 2. The van der Waals surface area contributed by atoms with E-state index in [1.165, 1.54) is 12.1 Å². The van der Waals surface area contributed by atoms with Gasteiger partial charge in [-0.2, -0.15) is 10.2 Å². The van der Waals surface area contributed by atoms with Crippen molar-refractivity contribution in [2.75, 3.05) is 0 Å². The predicted octanol–water partition coefficient (Wildman–Crippen LogP) is 3.18. The number of aromatic amines is 2. The monoisotopic (exact) mass is 425 g/mol. The Kier molecular flexibility index (Phi) is 4.74. The molecular weight excluding hydrogens is 405 g/mol. The van der Waals surface area contributed by atoms with Crippen LogP contribution in [0.2, 0.25) is 0 Å². The number of pyridine rings is 1. The Balaban J connectivity index is 1.54. The van der Waals surface area contributed by atoms with Crippen molar-refractivity contribution in [2.45, 2.75) is 6.92 Å². The summed E-state index contributed by atoms with van der Waals surface area (Å²) < 4.78 is 15.1. The first kappa shape index (κ1) is 19.6. The predicted molar refractivity (Wildman–Crippen MR) is 123 cm³/mol. The van der Waals surface area contributed by atoms with E-state index in [1.54, 1.807) is 23.0 Å². The molecule has 0 unspecified atom stereocenters. The molecule has 0 aliphatic carbocycles. The molecule has 0 saturated carbocycles. The van der Waals surface area contributed by atoms with Crippen LogP contribution in [-0.4, -0.2) is 34.9 Å². The van der Waals surface area contributed by atoms with Crippen molar-refractivity contribution in [3.05, 3.63) is 76.9 Å². The van der Waals surface area contributed by atoms with Crippen molar-refractivity contribution >= 4 is 29.3 Å². The zero-order chi connectivity index (χ0) is 22.2. The van der Waals surface area contributed by atoms with Gasteiger partial charge in [0.25, 0.3) is 0 Å². The first-order chi connectivity index (χ1) is 15.5. The van der Waals surface area contributed by atoms with Crippen molar-refractivity contribution in [1.82, 2.24) is 34.9 Å². The van der Waals surface area contributed by atoms with Gasteiger partial charge in [-0.1, -0.05) is 12.7 Å². The lowest BCUT2D eigenvalue weighted by atomic mass is 10.1. The van der Waals surface area contributed by atoms with Crippen molar-refractivity contribution in [3.63, 3.8) is 0 Å². The summed E-state index contributed by atoms with van der Waals surface area (Å²) >= 11 is 0. The second-order valence-corrected chi connectivity index (χ2v) is 7.53. The lowest BCUT2D eigenvalue weighted by Crippen LogP contribution is -2.21. The number of aromatic nitrogens is 7. The van der Waals surface area contributed by atoms with Crippen LogP contribution in [0, 0.1) is 5.82 Å². The molecule has 0 bridgehead atoms. The Hall–Kier alpha value is -4.33. The third-order valence-corrected chi connectivity index (χ3v) is 5.30. The Morgan fingerprint density at radius 2 is 1.97 bits per heavy atom. The van der Waals surface area contributed by atoms with Crippen molar-refractivity contribution in [2.24, 2.45) is 7.05 Å². The molecule has 0 amide bonds. The Bertz CT molecular complexity index is 1570. The first-order valence-electron chi connectivity index (χ1n) is 10.0. The van der Waals surface area contributed by atoms with E-state index in [-0.39, 0.29) is 5.82 Å². The number of nitrogens with zero attached hydrogens (tertiary/aromatic N) is 5. The summed E-state index contributed by atoms with van der Waals surface area (Å²) in [6.45, 7) is 6.21. The standard InChI is InChI=1S/C24H20FN7/c1-14(17-12-27-32(3)13-17)4-9-19-15(2)21(31-30-19)24-28-20-10-11-26-22(23(20)29-24)16-5-7-18(25)8-6-16/h4-13,30H,2H2,1,3H3,(H,28,29)/b14-4+,19-9+. The van der Waals surface area contributed by atoms with E-state index < -0.39 is 0 Å². The highest BCUT2D eigenvalue weighted by Crippen LogP contribution is 2.26. The van der Waals surface area contributed by atoms with Gasteiger partial charge < -0.3 is 4.98 Å². The number of imidazole rings is 1. The Morgan fingerprint density at radius 1 is 1.16 bits per heavy atom. The molecule has 0 fully saturated rings. The van der Waals surface area contributed by atoms with Crippen LogP contribution in [0.3, 0.4) is 0 Å². The van der Waals surface area contributed by atoms with Gasteiger partial charge in [0.1, 0.15) is 17.0 Å². The summed E-state index contributed by atoms with van der Waals surface area (Å²) in [6.07, 6.45) is 9.42. The minimum atomic E-state index is -0.293. The number of hydrogen-bond donors (Lipinski definition) is 2. The number of H-pyrrole nitrogens is 2. The number of fused-ring (bicyclic) bond motifs is 1. The molecule has 0 spiro atoms. The number of hydrogen-bond acceptors (Lipinski definition) is 4. The quantitative estimate of drug-likeness (QED) is 0.463. The van der Waals surface area contributed by atoms with E-state index in [2.05, 4.69) is 31.8 Å². The van der Waals surface area contributed by atoms with Crippen LogP contribution in [-0.2, 0) is 7.05 Å². The molecule has 0 radical (unpaired) electrons. The van der Waals surface area contributed by atoms with E-state index in [0.29, 0.717) is 22.7 Å². The molecule has 0 aliphatic heterocycles. The highest BCUT2D eigenvalue weighted by atomic mass is 19.1. The molecule has 1 aromatic carbocycles. The fraction of sp³-hybridized carbons (Fsp3) is 0.0833. The largest absolute Gasteiger partial charge is 0.336 e. The molecule has 5 aromatic rings. The third-order valence-electron chi connectivity index (χ3n) is 5.30. The number of rotatable bonds is 4. The molecular formula is C24H20FN7. The van der Waals surface area contributed by atoms with Gasteiger partial charge in [0.05, 0.1) is 22.8 Å². The number of aryl methyl sites for hydroxylation is 1. The minimum Gasteiger partial charge on any atom is -0.336 e. The fourth-order valence-corrected chi connectivity index (χ4v) is 3.51. The lowest BCUT2D eigenvalue weighted by Gasteiger charge is -2.01. The highest BCUT2D eigenvalue weighted by molar-refractivity contribution is 5.91. The summed E-state index contributed by atoms with van der Waals surface area (Å²) in [5.41, 5.74) is 5.72. The van der Waals surface area contributed by atoms with Crippen LogP contribution in [0.5, 0.6) is 0 Å². The molecule has 4 heterocycles. The van der Waals surface area contributed by atoms with E-state index in [4.69, 9.17) is 4.98 Å². The van der Waals surface area contributed by atoms with Crippen LogP contribution in [0.1, 0.15) is 12.5 Å². The maximum Gasteiger partial charge on any atom is 0.159 e. The molecule has 0 atom stereocenters. The van der Waals surface area contributed by atoms with Crippen LogP contribution in [0.4, 0.5) is 4.39 Å². The lowest BCUT2D eigenvalue weighted by molar-refractivity contribution is 0.628. The normalized spacial score (nSPS) is 12.7. The SMILES string of the molecule is C=c1c(-c2nc3c(-c4ccc(F)cc4)nccc3[nH]2)n[nH]/c1=C/C=C(\C)c1cnn(C)c1. The van der Waals surface area contributed by atoms with Crippen molar-refractivity contribution < 1.29 is 4.39 Å². The average Bonchev–Trinajstić information content (AvgIpc) is 3.50. The molecule has 8 heteroatoms. The van der Waals surface area contributed by atoms with Crippen LogP contribution >= 0.6 is 0 Å². The molecule has 4 aromatic heterocycles. The highest BCUT2D eigenvalue weighted by Gasteiger charge is 2.14. The molecule has 0 aliphatic rings. The summed E-state index contributed by atoms with van der Waals surface area (Å²) in [6, 6.07) is 8.05. The van der Waals surface area contributed by atoms with Gasteiger partial charge in [0.2, 0.25) is 0 Å². The summed E-state index contributed by atoms with van der Waals surface area (Å²) in [5, 5.41) is 13.2. The van der Waals surface area contributed by atoms with Gasteiger partial charge in [-0.15, -0.1) is 0 Å². The fourth-order valence-electron chi connectivity index (χ4n) is 3.51. The van der Waals surface area contributed by atoms with Gasteiger partial charge in [-0.3, -0.25) is 14.8 Å². The van der Waals surface area contributed by atoms with Crippen LogP contribution < -0.4 is 10.6 Å². The minimum absolute atomic E-state index is 0.293. The second-order valence-electron chi connectivity index (χ2n) is 7.53. The van der Waals surface area contributed by atoms with E-state index in [9.17, 15) is 4.39 Å². The van der Waals surface area contributed by atoms with Crippen molar-refractivity contribution in [3.8, 4) is 22.8 Å². The maximum atomic E-state index is 13.3. The first-order valence-corrected chi connectivity index (χ1v) is 10.0. The maximum absolute atomic E-state index is 13.3. The Labute approximate surface area is 182 Å². The number of halogens is 1. The molecule has 32 heavy (non-hydrogen) atoms. The smallest absolute Gasteiger partial charge is 0.159 e. The van der Waals surface area contributed by atoms with Gasteiger partial charge in [0.15, 0.2) is 5.82 Å². The molecule has 5 rings (SSSR count). The molecule has 7 nitrogen and oxygen atoms in total. The third kappa shape index (κ3) is 3.51. The van der Waals surface area contributed by atoms with E-state index in [0.717, 1.165) is 32.8 Å². The van der Waals surface area contributed by atoms with E-state index in [1.807, 2.05) is 44.6 Å². The Morgan fingerprint density at radius 3 is 2.72 bits per heavy atom. The topological polar surface area (TPSA) is 88.1 Å². The van der Waals surface area contributed by atoms with E-state index >= 15 is 0 Å². The zero-order valence-electron chi connectivity index (χ0n) is 17.6. The average molecular weight is 425 g/mol. The second kappa shape index (κ2) is 7.73. The van der Waals surface area contributed by atoms with Gasteiger partial charge in [0, 0.05) is 35.8 Å². The van der Waals surface area contributed by atoms with Gasteiger partial charge >= 0.3 is 0 Å². The summed E-state index contributed by atoms with van der Waals surface area (Å²) in [4.78, 5) is 12.5. The van der Waals surface area contributed by atoms with Gasteiger partial charge in [-0.25, -0.2) is 9.37 Å². The van der Waals surface area contributed by atoms with Crippen molar-refractivity contribution in [1.29, 1.82) is 0 Å². The van der Waals surface area contributed by atoms with Crippen LogP contribution in [0.25, 0.3) is 52.0 Å². The zero-order valence-corrected chi connectivity index (χ0v) is 17.6.